The summed E-state index contributed by atoms with van der Waals surface area (Å²) in [6.45, 7) is 0. The summed E-state index contributed by atoms with van der Waals surface area (Å²) in [6, 6.07) is 0. The van der Waals surface area contributed by atoms with E-state index in [4.69, 9.17) is 10.4 Å². The molecule has 0 atom stereocenters. The molecule has 3 aromatic rings. The molecule has 0 radical (unpaired) electrons. The maximum atomic E-state index is 8.83. The fourth-order valence-electron chi connectivity index (χ4n) is 1.00. The summed E-state index contributed by atoms with van der Waals surface area (Å²) in [5.41, 5.74) is 0. The van der Waals surface area contributed by atoms with Crippen LogP contribution in [0.15, 0.2) is 0 Å². The highest BCUT2D eigenvalue weighted by Gasteiger charge is 2.14. The van der Waals surface area contributed by atoms with Gasteiger partial charge in [-0.2, -0.15) is 0 Å². The van der Waals surface area contributed by atoms with E-state index in [0.29, 0.717) is 0 Å². The minimum Gasteiger partial charge on any atom is -0.395 e. The average molecular weight is 250 g/mol. The Morgan fingerprint density at radius 2 is 0.944 bits per heavy atom. The molecule has 0 aromatic carbocycles. The van der Waals surface area contributed by atoms with E-state index in [1.807, 2.05) is 0 Å². The van der Waals surface area contributed by atoms with Crippen LogP contribution < -0.4 is 0 Å². The number of tetrazole rings is 2. The van der Waals surface area contributed by atoms with Crippen molar-refractivity contribution in [1.82, 2.24) is 61.1 Å². The molecule has 0 fully saturated rings. The first-order chi connectivity index (χ1) is 8.72. The van der Waals surface area contributed by atoms with Gasteiger partial charge in [0, 0.05) is 9.92 Å². The molecular weight excluding hydrogens is 248 g/mol. The molecule has 18 heavy (non-hydrogen) atoms. The molecule has 0 aliphatic carbocycles. The minimum absolute atomic E-state index is 0.0459. The highest BCUT2D eigenvalue weighted by Crippen LogP contribution is 2.07. The first kappa shape index (κ1) is 9.87. The van der Waals surface area contributed by atoms with Gasteiger partial charge in [0.15, 0.2) is 0 Å². The third kappa shape index (κ3) is 1.62. The van der Waals surface area contributed by atoms with Crippen molar-refractivity contribution in [2.24, 2.45) is 0 Å². The second-order valence-electron chi connectivity index (χ2n) is 2.81. The third-order valence-electron chi connectivity index (χ3n) is 1.69. The zero-order chi connectivity index (χ0) is 12.5. The molecule has 0 aliphatic rings. The fourth-order valence-corrected chi connectivity index (χ4v) is 1.00. The molecule has 14 nitrogen and oxygen atoms in total. The highest BCUT2D eigenvalue weighted by molar-refractivity contribution is 5.42. The molecule has 0 unspecified atom stereocenters. The van der Waals surface area contributed by atoms with Gasteiger partial charge in [-0.25, -0.2) is 0 Å². The summed E-state index contributed by atoms with van der Waals surface area (Å²) in [7, 11) is 0. The quantitative estimate of drug-likeness (QED) is 0.442. The van der Waals surface area contributed by atoms with E-state index in [9.17, 15) is 0 Å². The molecule has 0 saturated heterocycles. The monoisotopic (exact) mass is 250 g/mol. The standard InChI is InChI=1S/C4H2N12O2/c17-15-11-3(9-13-15)1-5-7-2(8-6-1)4-10-14-16(18)12-4/h17-18H. The third-order valence-corrected chi connectivity index (χ3v) is 1.69. The van der Waals surface area contributed by atoms with E-state index >= 15 is 0 Å². The van der Waals surface area contributed by atoms with Crippen LogP contribution in [0.3, 0.4) is 0 Å². The summed E-state index contributed by atoms with van der Waals surface area (Å²) >= 11 is 0. The Morgan fingerprint density at radius 3 is 1.22 bits per heavy atom. The van der Waals surface area contributed by atoms with E-state index in [-0.39, 0.29) is 33.2 Å². The van der Waals surface area contributed by atoms with Crippen LogP contribution in [0.1, 0.15) is 0 Å². The lowest BCUT2D eigenvalue weighted by atomic mass is 10.6. The molecule has 3 rings (SSSR count). The van der Waals surface area contributed by atoms with E-state index in [2.05, 4.69) is 51.2 Å². The van der Waals surface area contributed by atoms with E-state index < -0.39 is 0 Å². The first-order valence-electron chi connectivity index (χ1n) is 4.29. The molecule has 0 amide bonds. The Bertz CT molecular complexity index is 610. The lowest BCUT2D eigenvalue weighted by Crippen LogP contribution is -2.02. The zero-order valence-electron chi connectivity index (χ0n) is 8.26. The van der Waals surface area contributed by atoms with Gasteiger partial charge in [-0.3, -0.25) is 0 Å². The molecule has 2 N–H and O–H groups in total. The summed E-state index contributed by atoms with van der Waals surface area (Å²) in [5, 5.41) is 52.4. The predicted octanol–water partition coefficient (Wildman–Crippen LogP) is -2.95. The lowest BCUT2D eigenvalue weighted by Gasteiger charge is -1.91. The summed E-state index contributed by atoms with van der Waals surface area (Å²) in [5.74, 6) is -0.198. The molecule has 3 aromatic heterocycles. The van der Waals surface area contributed by atoms with Crippen molar-refractivity contribution in [2.45, 2.75) is 0 Å². The normalized spacial score (nSPS) is 10.7. The van der Waals surface area contributed by atoms with Gasteiger partial charge in [0.1, 0.15) is 0 Å². The fraction of sp³-hybridized carbons (Fsp3) is 0. The van der Waals surface area contributed by atoms with Gasteiger partial charge in [0.2, 0.25) is 23.3 Å². The molecule has 0 saturated carbocycles. The molecule has 3 heterocycles. The second kappa shape index (κ2) is 3.61. The maximum absolute atomic E-state index is 8.83. The Labute approximate surface area is 95.8 Å². The van der Waals surface area contributed by atoms with Crippen LogP contribution in [0, 0.1) is 0 Å². The average Bonchev–Trinajstić information content (AvgIpc) is 2.98. The number of rotatable bonds is 2. The molecule has 0 aliphatic heterocycles. The van der Waals surface area contributed by atoms with Crippen molar-refractivity contribution >= 4 is 0 Å². The molecule has 14 heteroatoms. The number of nitrogens with zero attached hydrogens (tertiary/aromatic N) is 12. The van der Waals surface area contributed by atoms with Gasteiger partial charge in [0.25, 0.3) is 0 Å². The molecular formula is C4H2N12O2. The second-order valence-corrected chi connectivity index (χ2v) is 2.81. The van der Waals surface area contributed by atoms with Crippen LogP contribution in [0.25, 0.3) is 23.3 Å². The van der Waals surface area contributed by atoms with E-state index in [0.717, 1.165) is 0 Å². The van der Waals surface area contributed by atoms with Gasteiger partial charge in [-0.05, 0) is 10.4 Å². The van der Waals surface area contributed by atoms with Gasteiger partial charge in [-0.15, -0.1) is 30.6 Å². The van der Waals surface area contributed by atoms with Crippen LogP contribution in [-0.2, 0) is 0 Å². The van der Waals surface area contributed by atoms with E-state index in [1.165, 1.54) is 0 Å². The van der Waals surface area contributed by atoms with Gasteiger partial charge < -0.3 is 10.4 Å². The van der Waals surface area contributed by atoms with Crippen LogP contribution in [0.2, 0.25) is 0 Å². The first-order valence-corrected chi connectivity index (χ1v) is 4.29. The molecule has 0 bridgehead atoms. The SMILES string of the molecule is On1nnc(-c2nnc(-c3nnn(O)n3)nn2)n1. The topological polar surface area (TPSA) is 179 Å². The van der Waals surface area contributed by atoms with Gasteiger partial charge >= 0.3 is 0 Å². The molecule has 90 valence electrons. The number of aromatic nitrogens is 12. The number of hydrogen-bond acceptors (Lipinski definition) is 12. The van der Waals surface area contributed by atoms with Crippen molar-refractivity contribution in [1.29, 1.82) is 0 Å². The van der Waals surface area contributed by atoms with Crippen LogP contribution in [0.4, 0.5) is 0 Å². The van der Waals surface area contributed by atoms with Crippen molar-refractivity contribution in [2.75, 3.05) is 0 Å². The largest absolute Gasteiger partial charge is 0.395 e. The highest BCUT2D eigenvalue weighted by atomic mass is 16.5. The van der Waals surface area contributed by atoms with Crippen molar-refractivity contribution in [3.05, 3.63) is 0 Å². The van der Waals surface area contributed by atoms with Gasteiger partial charge in [-0.1, -0.05) is 10.2 Å². The van der Waals surface area contributed by atoms with Crippen LogP contribution in [0.5, 0.6) is 0 Å². The van der Waals surface area contributed by atoms with Crippen molar-refractivity contribution in [3.8, 4) is 23.3 Å². The van der Waals surface area contributed by atoms with Crippen molar-refractivity contribution in [3.63, 3.8) is 0 Å². The predicted molar refractivity (Wildman–Crippen MR) is 45.6 cm³/mol. The van der Waals surface area contributed by atoms with Gasteiger partial charge in [0.05, 0.1) is 0 Å². The Kier molecular flexibility index (Phi) is 1.98. The number of hydrogen-bond donors (Lipinski definition) is 2. The van der Waals surface area contributed by atoms with E-state index in [1.54, 1.807) is 0 Å². The Balaban J connectivity index is 1.94. The van der Waals surface area contributed by atoms with Crippen molar-refractivity contribution < 1.29 is 10.4 Å². The Hall–Kier alpha value is -3.32. The summed E-state index contributed by atoms with van der Waals surface area (Å²) in [6.07, 6.45) is 0. The maximum Gasteiger partial charge on any atom is 0.249 e. The van der Waals surface area contributed by atoms with Crippen LogP contribution >= 0.6 is 0 Å². The summed E-state index contributed by atoms with van der Waals surface area (Å²) in [4.78, 5) is 0.511. The lowest BCUT2D eigenvalue weighted by molar-refractivity contribution is 0.106. The zero-order valence-corrected chi connectivity index (χ0v) is 8.26. The molecule has 0 spiro atoms. The smallest absolute Gasteiger partial charge is 0.249 e. The Morgan fingerprint density at radius 1 is 0.556 bits per heavy atom. The summed E-state index contributed by atoms with van der Waals surface area (Å²) < 4.78 is 0. The van der Waals surface area contributed by atoms with Crippen LogP contribution in [-0.4, -0.2) is 71.6 Å². The minimum atomic E-state index is -0.0529.